The quantitative estimate of drug-likeness (QED) is 0.804. The maximum Gasteiger partial charge on any atom is 0.308 e. The van der Waals surface area contributed by atoms with Crippen LogP contribution in [0, 0.1) is 18.8 Å². The van der Waals surface area contributed by atoms with Gasteiger partial charge in [0.15, 0.2) is 0 Å². The van der Waals surface area contributed by atoms with E-state index < -0.39 is 11.9 Å². The van der Waals surface area contributed by atoms with Crippen molar-refractivity contribution in [1.29, 1.82) is 0 Å². The predicted octanol–water partition coefficient (Wildman–Crippen LogP) is 2.40. The van der Waals surface area contributed by atoms with E-state index in [0.29, 0.717) is 18.8 Å². The molecule has 110 valence electrons. The predicted molar refractivity (Wildman–Crippen MR) is 78.5 cm³/mol. The third-order valence-corrected chi connectivity index (χ3v) is 3.26. The fourth-order valence-electron chi connectivity index (χ4n) is 2.12. The van der Waals surface area contributed by atoms with Gasteiger partial charge >= 0.3 is 5.97 Å². The fourth-order valence-corrected chi connectivity index (χ4v) is 2.12. The van der Waals surface area contributed by atoms with Crippen LogP contribution in [0.1, 0.15) is 31.4 Å². The molecule has 1 aromatic rings. The van der Waals surface area contributed by atoms with E-state index in [2.05, 4.69) is 5.32 Å². The number of aryl methyl sites for hydroxylation is 1. The first kappa shape index (κ1) is 16.2. The zero-order valence-corrected chi connectivity index (χ0v) is 12.3. The SMILES string of the molecule is Cc1ccccc1CC(=O)NCC(CC(C)C)C(=O)O. The average Bonchev–Trinajstić information content (AvgIpc) is 2.36. The normalized spacial score (nSPS) is 12.2. The zero-order valence-electron chi connectivity index (χ0n) is 12.3. The summed E-state index contributed by atoms with van der Waals surface area (Å²) in [5, 5.41) is 11.8. The highest BCUT2D eigenvalue weighted by atomic mass is 16.4. The molecular weight excluding hydrogens is 254 g/mol. The van der Waals surface area contributed by atoms with Gasteiger partial charge in [-0.1, -0.05) is 38.1 Å². The van der Waals surface area contributed by atoms with Crippen molar-refractivity contribution < 1.29 is 14.7 Å². The summed E-state index contributed by atoms with van der Waals surface area (Å²) in [6.45, 7) is 6.11. The maximum absolute atomic E-state index is 11.9. The molecule has 1 amide bonds. The molecule has 4 nitrogen and oxygen atoms in total. The Morgan fingerprint density at radius 1 is 1.25 bits per heavy atom. The van der Waals surface area contributed by atoms with E-state index in [-0.39, 0.29) is 12.5 Å². The maximum atomic E-state index is 11.9. The first-order valence-corrected chi connectivity index (χ1v) is 6.94. The highest BCUT2D eigenvalue weighted by molar-refractivity contribution is 5.79. The van der Waals surface area contributed by atoms with Crippen LogP contribution in [0.15, 0.2) is 24.3 Å². The standard InChI is InChI=1S/C16H23NO3/c1-11(2)8-14(16(19)20)10-17-15(18)9-13-7-5-4-6-12(13)3/h4-7,11,14H,8-10H2,1-3H3,(H,17,18)(H,19,20). The van der Waals surface area contributed by atoms with Gasteiger partial charge in [0.1, 0.15) is 0 Å². The molecule has 1 unspecified atom stereocenters. The largest absolute Gasteiger partial charge is 0.481 e. The number of hydrogen-bond donors (Lipinski definition) is 2. The van der Waals surface area contributed by atoms with Crippen molar-refractivity contribution in [3.63, 3.8) is 0 Å². The van der Waals surface area contributed by atoms with E-state index in [0.717, 1.165) is 11.1 Å². The lowest BCUT2D eigenvalue weighted by molar-refractivity contribution is -0.142. The van der Waals surface area contributed by atoms with Gasteiger partial charge in [-0.25, -0.2) is 0 Å². The van der Waals surface area contributed by atoms with Crippen molar-refractivity contribution in [3.05, 3.63) is 35.4 Å². The Balaban J connectivity index is 2.50. The molecule has 0 saturated carbocycles. The van der Waals surface area contributed by atoms with Crippen molar-refractivity contribution in [2.45, 2.75) is 33.6 Å². The summed E-state index contributed by atoms with van der Waals surface area (Å²) in [5.74, 6) is -1.20. The van der Waals surface area contributed by atoms with Gasteiger partial charge in [0.2, 0.25) is 5.91 Å². The molecule has 0 bridgehead atoms. The Bertz CT molecular complexity index is 469. The van der Waals surface area contributed by atoms with Crippen LogP contribution in [-0.4, -0.2) is 23.5 Å². The van der Waals surface area contributed by atoms with Crippen molar-refractivity contribution in [2.24, 2.45) is 11.8 Å². The molecule has 0 aliphatic rings. The molecule has 0 heterocycles. The Morgan fingerprint density at radius 3 is 2.45 bits per heavy atom. The first-order valence-electron chi connectivity index (χ1n) is 6.94. The number of nitrogens with one attached hydrogen (secondary N) is 1. The fraction of sp³-hybridized carbons (Fsp3) is 0.500. The number of amides is 1. The smallest absolute Gasteiger partial charge is 0.308 e. The van der Waals surface area contributed by atoms with Gasteiger partial charge in [-0.3, -0.25) is 9.59 Å². The molecule has 0 spiro atoms. The second kappa shape index (κ2) is 7.68. The third kappa shape index (κ3) is 5.43. The van der Waals surface area contributed by atoms with E-state index in [1.54, 1.807) is 0 Å². The van der Waals surface area contributed by atoms with Gasteiger partial charge in [-0.05, 0) is 30.4 Å². The summed E-state index contributed by atoms with van der Waals surface area (Å²) in [6, 6.07) is 7.70. The average molecular weight is 277 g/mol. The molecule has 20 heavy (non-hydrogen) atoms. The van der Waals surface area contributed by atoms with Gasteiger partial charge < -0.3 is 10.4 Å². The summed E-state index contributed by atoms with van der Waals surface area (Å²) in [6.07, 6.45) is 0.862. The molecule has 2 N–H and O–H groups in total. The summed E-state index contributed by atoms with van der Waals surface area (Å²) >= 11 is 0. The second-order valence-corrected chi connectivity index (χ2v) is 5.57. The number of carboxylic acid groups (broad SMARTS) is 1. The van der Waals surface area contributed by atoms with Gasteiger partial charge in [-0.15, -0.1) is 0 Å². The number of aliphatic carboxylic acids is 1. The van der Waals surface area contributed by atoms with E-state index >= 15 is 0 Å². The summed E-state index contributed by atoms with van der Waals surface area (Å²) in [7, 11) is 0. The van der Waals surface area contributed by atoms with Crippen LogP contribution in [0.2, 0.25) is 0 Å². The number of carboxylic acids is 1. The molecule has 1 atom stereocenters. The number of rotatable bonds is 7. The zero-order chi connectivity index (χ0) is 15.1. The number of carbonyl (C=O) groups excluding carboxylic acids is 1. The molecule has 1 rings (SSSR count). The number of benzene rings is 1. The van der Waals surface area contributed by atoms with Crippen molar-refractivity contribution >= 4 is 11.9 Å². The van der Waals surface area contributed by atoms with Crippen LogP contribution in [0.3, 0.4) is 0 Å². The van der Waals surface area contributed by atoms with Gasteiger partial charge in [0.25, 0.3) is 0 Å². The minimum absolute atomic E-state index is 0.130. The van der Waals surface area contributed by atoms with Crippen molar-refractivity contribution in [2.75, 3.05) is 6.54 Å². The van der Waals surface area contributed by atoms with Crippen LogP contribution in [0.25, 0.3) is 0 Å². The molecule has 0 aliphatic carbocycles. The molecule has 0 saturated heterocycles. The highest BCUT2D eigenvalue weighted by Crippen LogP contribution is 2.12. The lowest BCUT2D eigenvalue weighted by Crippen LogP contribution is -2.34. The van der Waals surface area contributed by atoms with Crippen LogP contribution in [0.5, 0.6) is 0 Å². The van der Waals surface area contributed by atoms with Crippen LogP contribution >= 0.6 is 0 Å². The second-order valence-electron chi connectivity index (χ2n) is 5.57. The number of carbonyl (C=O) groups is 2. The first-order chi connectivity index (χ1) is 9.40. The van der Waals surface area contributed by atoms with Gasteiger partial charge in [0.05, 0.1) is 12.3 Å². The molecular formula is C16H23NO3. The van der Waals surface area contributed by atoms with Gasteiger partial charge in [0, 0.05) is 6.54 Å². The monoisotopic (exact) mass is 277 g/mol. The molecule has 0 aliphatic heterocycles. The lowest BCUT2D eigenvalue weighted by atomic mass is 9.97. The van der Waals surface area contributed by atoms with E-state index in [1.165, 1.54) is 0 Å². The molecule has 0 aromatic heterocycles. The lowest BCUT2D eigenvalue weighted by Gasteiger charge is -2.15. The van der Waals surface area contributed by atoms with E-state index in [9.17, 15) is 9.59 Å². The van der Waals surface area contributed by atoms with Crippen molar-refractivity contribution in [3.8, 4) is 0 Å². The molecule has 0 radical (unpaired) electrons. The van der Waals surface area contributed by atoms with Crippen LogP contribution < -0.4 is 5.32 Å². The van der Waals surface area contributed by atoms with Gasteiger partial charge in [-0.2, -0.15) is 0 Å². The minimum Gasteiger partial charge on any atom is -0.481 e. The molecule has 4 heteroatoms. The Morgan fingerprint density at radius 2 is 1.90 bits per heavy atom. The summed E-state index contributed by atoms with van der Waals surface area (Å²) in [5.41, 5.74) is 2.04. The Kier molecular flexibility index (Phi) is 6.22. The summed E-state index contributed by atoms with van der Waals surface area (Å²) < 4.78 is 0. The highest BCUT2D eigenvalue weighted by Gasteiger charge is 2.19. The Hall–Kier alpha value is -1.84. The van der Waals surface area contributed by atoms with E-state index in [1.807, 2.05) is 45.0 Å². The van der Waals surface area contributed by atoms with Crippen LogP contribution in [0.4, 0.5) is 0 Å². The molecule has 1 aromatic carbocycles. The third-order valence-electron chi connectivity index (χ3n) is 3.26. The topological polar surface area (TPSA) is 66.4 Å². The van der Waals surface area contributed by atoms with Crippen molar-refractivity contribution in [1.82, 2.24) is 5.32 Å². The number of hydrogen-bond acceptors (Lipinski definition) is 2. The van der Waals surface area contributed by atoms with Crippen LogP contribution in [-0.2, 0) is 16.0 Å². The van der Waals surface area contributed by atoms with E-state index in [4.69, 9.17) is 5.11 Å². The minimum atomic E-state index is -0.852. The summed E-state index contributed by atoms with van der Waals surface area (Å²) in [4.78, 5) is 23.0. The molecule has 0 fully saturated rings. The Labute approximate surface area is 120 Å².